The third kappa shape index (κ3) is 2.35. The predicted molar refractivity (Wildman–Crippen MR) is 79.9 cm³/mol. The van der Waals surface area contributed by atoms with Gasteiger partial charge in [-0.15, -0.1) is 0 Å². The Kier molecular flexibility index (Phi) is 3.79. The van der Waals surface area contributed by atoms with Crippen LogP contribution in [-0.2, 0) is 10.3 Å². The minimum atomic E-state index is -1.12. The van der Waals surface area contributed by atoms with Crippen LogP contribution in [0.5, 0.6) is 0 Å². The highest BCUT2D eigenvalue weighted by Gasteiger charge is 2.42. The normalized spacial score (nSPS) is 21.6. The van der Waals surface area contributed by atoms with Crippen LogP contribution in [0.4, 0.5) is 0 Å². The fourth-order valence-corrected chi connectivity index (χ4v) is 2.97. The van der Waals surface area contributed by atoms with Gasteiger partial charge in [-0.2, -0.15) is 0 Å². The average molecular weight is 289 g/mol. The number of ether oxygens (including phenoxy) is 1. The molecule has 3 rings (SSSR count). The maximum atomic E-state index is 11.4. The fourth-order valence-electron chi connectivity index (χ4n) is 2.84. The fraction of sp³-hybridized carbons (Fsp3) is 0.294. The first-order chi connectivity index (χ1) is 9.71. The molecule has 0 saturated carbocycles. The van der Waals surface area contributed by atoms with Gasteiger partial charge in [0.05, 0.1) is 6.10 Å². The van der Waals surface area contributed by atoms with E-state index in [1.165, 1.54) is 0 Å². The highest BCUT2D eigenvalue weighted by Crippen LogP contribution is 2.39. The van der Waals surface area contributed by atoms with E-state index in [-0.39, 0.29) is 6.10 Å². The van der Waals surface area contributed by atoms with Crippen molar-refractivity contribution < 1.29 is 9.84 Å². The van der Waals surface area contributed by atoms with Crippen LogP contribution in [0, 0.1) is 0 Å². The summed E-state index contributed by atoms with van der Waals surface area (Å²) >= 11 is 5.95. The minimum absolute atomic E-state index is 0.217. The summed E-state index contributed by atoms with van der Waals surface area (Å²) in [5.41, 5.74) is 0.553. The van der Waals surface area contributed by atoms with Gasteiger partial charge in [0, 0.05) is 11.6 Å². The van der Waals surface area contributed by atoms with E-state index in [2.05, 4.69) is 0 Å². The molecule has 1 aliphatic rings. The molecule has 1 aliphatic heterocycles. The van der Waals surface area contributed by atoms with Crippen molar-refractivity contribution >= 4 is 11.6 Å². The van der Waals surface area contributed by atoms with Crippen LogP contribution < -0.4 is 0 Å². The molecular formula is C17H17ClO2. The summed E-state index contributed by atoms with van der Waals surface area (Å²) < 4.78 is 5.77. The summed E-state index contributed by atoms with van der Waals surface area (Å²) in [6.07, 6.45) is 1.62. The average Bonchev–Trinajstić information content (AvgIpc) is 3.03. The maximum Gasteiger partial charge on any atom is 0.141 e. The molecule has 3 heteroatoms. The first kappa shape index (κ1) is 13.6. The van der Waals surface area contributed by atoms with Gasteiger partial charge in [0.15, 0.2) is 0 Å². The largest absolute Gasteiger partial charge is 0.378 e. The highest BCUT2D eigenvalue weighted by molar-refractivity contribution is 6.30. The molecule has 2 atom stereocenters. The lowest BCUT2D eigenvalue weighted by molar-refractivity contribution is -0.0619. The second-order valence-electron chi connectivity index (χ2n) is 5.14. The van der Waals surface area contributed by atoms with Crippen LogP contribution in [0.15, 0.2) is 54.6 Å². The smallest absolute Gasteiger partial charge is 0.141 e. The number of benzene rings is 2. The summed E-state index contributed by atoms with van der Waals surface area (Å²) in [7, 11) is 0. The van der Waals surface area contributed by atoms with Crippen molar-refractivity contribution in [3.05, 3.63) is 70.7 Å². The lowest BCUT2D eigenvalue weighted by atomic mass is 9.80. The Morgan fingerprint density at radius 1 is 1.00 bits per heavy atom. The van der Waals surface area contributed by atoms with Gasteiger partial charge in [0.2, 0.25) is 0 Å². The monoisotopic (exact) mass is 288 g/mol. The van der Waals surface area contributed by atoms with Gasteiger partial charge in [-0.3, -0.25) is 0 Å². The first-order valence-electron chi connectivity index (χ1n) is 6.87. The molecule has 0 amide bonds. The van der Waals surface area contributed by atoms with E-state index in [4.69, 9.17) is 16.3 Å². The van der Waals surface area contributed by atoms with Gasteiger partial charge < -0.3 is 9.84 Å². The van der Waals surface area contributed by atoms with Gasteiger partial charge in [0.25, 0.3) is 0 Å². The van der Waals surface area contributed by atoms with Crippen LogP contribution in [0.2, 0.25) is 5.02 Å². The molecule has 0 aromatic heterocycles. The highest BCUT2D eigenvalue weighted by atomic mass is 35.5. The van der Waals surface area contributed by atoms with Crippen molar-refractivity contribution in [2.45, 2.75) is 24.5 Å². The zero-order chi connectivity index (χ0) is 14.0. The number of halogens is 1. The van der Waals surface area contributed by atoms with Crippen molar-refractivity contribution in [1.29, 1.82) is 0 Å². The lowest BCUT2D eigenvalue weighted by Crippen LogP contribution is -2.40. The summed E-state index contributed by atoms with van der Waals surface area (Å²) in [4.78, 5) is 0. The second-order valence-corrected chi connectivity index (χ2v) is 5.58. The molecule has 0 aliphatic carbocycles. The molecule has 104 valence electrons. The molecule has 0 bridgehead atoms. The zero-order valence-electron chi connectivity index (χ0n) is 11.1. The lowest BCUT2D eigenvalue weighted by Gasteiger charge is -2.34. The van der Waals surface area contributed by atoms with Crippen LogP contribution in [-0.4, -0.2) is 17.8 Å². The van der Waals surface area contributed by atoms with Gasteiger partial charge in [-0.05, 0) is 36.1 Å². The molecule has 1 saturated heterocycles. The van der Waals surface area contributed by atoms with Gasteiger partial charge in [0.1, 0.15) is 5.60 Å². The molecule has 2 unspecified atom stereocenters. The molecule has 2 aromatic rings. The van der Waals surface area contributed by atoms with Gasteiger partial charge in [-0.1, -0.05) is 54.1 Å². The van der Waals surface area contributed by atoms with Crippen molar-refractivity contribution in [2.75, 3.05) is 6.61 Å². The molecule has 0 radical (unpaired) electrons. The topological polar surface area (TPSA) is 29.5 Å². The number of hydrogen-bond acceptors (Lipinski definition) is 2. The Hall–Kier alpha value is -1.35. The Labute approximate surface area is 124 Å². The number of rotatable bonds is 3. The quantitative estimate of drug-likeness (QED) is 0.932. The Morgan fingerprint density at radius 2 is 1.65 bits per heavy atom. The van der Waals surface area contributed by atoms with E-state index in [0.717, 1.165) is 24.0 Å². The minimum Gasteiger partial charge on any atom is -0.378 e. The van der Waals surface area contributed by atoms with E-state index in [1.54, 1.807) is 12.1 Å². The third-order valence-corrected chi connectivity index (χ3v) is 4.15. The molecular weight excluding hydrogens is 272 g/mol. The summed E-state index contributed by atoms with van der Waals surface area (Å²) in [5.74, 6) is 0. The van der Waals surface area contributed by atoms with Gasteiger partial charge >= 0.3 is 0 Å². The molecule has 1 heterocycles. The zero-order valence-corrected chi connectivity index (χ0v) is 11.9. The van der Waals surface area contributed by atoms with Gasteiger partial charge in [-0.25, -0.2) is 0 Å². The van der Waals surface area contributed by atoms with E-state index in [9.17, 15) is 5.11 Å². The van der Waals surface area contributed by atoms with Crippen molar-refractivity contribution in [1.82, 2.24) is 0 Å². The Bertz CT molecular complexity index is 561. The standard InChI is InChI=1S/C17H17ClO2/c18-15-10-8-14(9-11-15)17(19,16-7-4-12-20-16)13-5-2-1-3-6-13/h1-3,5-6,8-11,16,19H,4,7,12H2. The first-order valence-corrected chi connectivity index (χ1v) is 7.24. The van der Waals surface area contributed by atoms with Crippen molar-refractivity contribution in [2.24, 2.45) is 0 Å². The van der Waals surface area contributed by atoms with Crippen LogP contribution >= 0.6 is 11.6 Å². The maximum absolute atomic E-state index is 11.4. The summed E-state index contributed by atoms with van der Waals surface area (Å²) in [5, 5.41) is 12.0. The Balaban J connectivity index is 2.10. The van der Waals surface area contributed by atoms with E-state index in [1.807, 2.05) is 42.5 Å². The predicted octanol–water partition coefficient (Wildman–Crippen LogP) is 3.75. The Morgan fingerprint density at radius 3 is 2.25 bits per heavy atom. The third-order valence-electron chi connectivity index (χ3n) is 3.89. The summed E-state index contributed by atoms with van der Waals surface area (Å²) in [6.45, 7) is 0.702. The van der Waals surface area contributed by atoms with Crippen LogP contribution in [0.25, 0.3) is 0 Å². The van der Waals surface area contributed by atoms with E-state index >= 15 is 0 Å². The van der Waals surface area contributed by atoms with E-state index in [0.29, 0.717) is 11.6 Å². The number of aliphatic hydroxyl groups is 1. The second kappa shape index (κ2) is 5.57. The molecule has 1 fully saturated rings. The number of hydrogen-bond donors (Lipinski definition) is 1. The van der Waals surface area contributed by atoms with Crippen LogP contribution in [0.3, 0.4) is 0 Å². The molecule has 1 N–H and O–H groups in total. The molecule has 0 spiro atoms. The molecule has 20 heavy (non-hydrogen) atoms. The van der Waals surface area contributed by atoms with Crippen molar-refractivity contribution in [3.8, 4) is 0 Å². The SMILES string of the molecule is OC(c1ccccc1)(c1ccc(Cl)cc1)C1CCCO1. The van der Waals surface area contributed by atoms with Crippen molar-refractivity contribution in [3.63, 3.8) is 0 Å². The summed E-state index contributed by atoms with van der Waals surface area (Å²) in [6, 6.07) is 17.1. The molecule has 2 nitrogen and oxygen atoms in total. The van der Waals surface area contributed by atoms with E-state index < -0.39 is 5.60 Å². The molecule has 2 aromatic carbocycles. The van der Waals surface area contributed by atoms with Crippen LogP contribution in [0.1, 0.15) is 24.0 Å².